The maximum Gasteiger partial charge on any atom is 0.416 e. The Bertz CT molecular complexity index is 1540. The molecular weight excluding hydrogens is 604 g/mol. The number of fused-ring (bicyclic) bond motifs is 1. The number of carbonyl (C=O) groups excluding carboxylic acids is 5. The Balaban J connectivity index is 1.41. The maximum atomic E-state index is 15.4. The highest BCUT2D eigenvalue weighted by Gasteiger charge is 2.40. The van der Waals surface area contributed by atoms with Crippen LogP contribution in [0.25, 0.3) is 0 Å². The van der Waals surface area contributed by atoms with Crippen molar-refractivity contribution in [2.45, 2.75) is 71.4 Å². The van der Waals surface area contributed by atoms with Gasteiger partial charge in [-0.1, -0.05) is 6.07 Å². The number of alkyl halides is 3. The van der Waals surface area contributed by atoms with Gasteiger partial charge in [-0.15, -0.1) is 0 Å². The first-order chi connectivity index (χ1) is 20.9. The van der Waals surface area contributed by atoms with Crippen LogP contribution in [0.4, 0.5) is 28.0 Å². The smallest absolute Gasteiger partial charge is 0.416 e. The lowest BCUT2D eigenvalue weighted by atomic mass is 10.0. The quantitative estimate of drug-likeness (QED) is 0.223. The third-order valence-electron chi connectivity index (χ3n) is 6.97. The number of piperidine rings is 1. The van der Waals surface area contributed by atoms with Crippen molar-refractivity contribution in [2.24, 2.45) is 5.92 Å². The van der Waals surface area contributed by atoms with E-state index in [0.717, 1.165) is 12.1 Å². The van der Waals surface area contributed by atoms with Gasteiger partial charge in [-0.3, -0.25) is 24.5 Å². The van der Waals surface area contributed by atoms with Crippen LogP contribution < -0.4 is 20.7 Å². The summed E-state index contributed by atoms with van der Waals surface area (Å²) in [6.07, 6.45) is -4.64. The van der Waals surface area contributed by atoms with Crippen LogP contribution in [0.15, 0.2) is 30.3 Å². The molecule has 1 fully saturated rings. The number of ether oxygens (including phenoxy) is 2. The number of hydrogen-bond donors (Lipinski definition) is 3. The van der Waals surface area contributed by atoms with E-state index in [2.05, 4.69) is 16.0 Å². The van der Waals surface area contributed by atoms with Crippen molar-refractivity contribution in [3.63, 3.8) is 0 Å². The van der Waals surface area contributed by atoms with Gasteiger partial charge in [0.25, 0.3) is 5.91 Å². The van der Waals surface area contributed by atoms with Crippen LogP contribution in [0.3, 0.4) is 0 Å². The second-order valence-corrected chi connectivity index (χ2v) is 11.8. The standard InChI is InChI=1S/C30H32F4N4O7/c1-15(27(42)45-29(2,3)4)14-44-19-10-17(30(32,33)34)9-18(11-19)36-28(43)35-12-16-5-6-20-21(24(16)31)13-38(26(20)41)22-7-8-23(39)37-25(22)40/h5-6,9-11,15,22H,7-8,12-14H2,1-4H3,(H2,35,36,43)(H,37,39,40). The fourth-order valence-electron chi connectivity index (χ4n) is 4.75. The first kappa shape index (κ1) is 33.2. The van der Waals surface area contributed by atoms with Crippen LogP contribution in [0.2, 0.25) is 0 Å². The summed E-state index contributed by atoms with van der Waals surface area (Å²) >= 11 is 0. The molecule has 1 saturated heterocycles. The Morgan fingerprint density at radius 2 is 1.82 bits per heavy atom. The van der Waals surface area contributed by atoms with Crippen molar-refractivity contribution < 1.29 is 51.0 Å². The normalized spacial score (nSPS) is 17.4. The number of esters is 1. The van der Waals surface area contributed by atoms with Gasteiger partial charge in [-0.05, 0) is 52.3 Å². The lowest BCUT2D eigenvalue weighted by Gasteiger charge is -2.29. The molecule has 0 bridgehead atoms. The van der Waals surface area contributed by atoms with E-state index in [1.807, 2.05) is 0 Å². The Labute approximate surface area is 255 Å². The summed E-state index contributed by atoms with van der Waals surface area (Å²) in [6, 6.07) is 3.30. The van der Waals surface area contributed by atoms with Gasteiger partial charge in [0.2, 0.25) is 11.8 Å². The minimum atomic E-state index is -4.78. The lowest BCUT2D eigenvalue weighted by molar-refractivity contribution is -0.160. The van der Waals surface area contributed by atoms with E-state index in [-0.39, 0.29) is 60.7 Å². The molecule has 2 atom stereocenters. The molecule has 242 valence electrons. The molecule has 2 aromatic carbocycles. The molecule has 5 amide bonds. The van der Waals surface area contributed by atoms with Crippen molar-refractivity contribution in [3.05, 3.63) is 58.4 Å². The molecule has 0 saturated carbocycles. The summed E-state index contributed by atoms with van der Waals surface area (Å²) in [7, 11) is 0. The van der Waals surface area contributed by atoms with Crippen LogP contribution in [0.1, 0.15) is 67.6 Å². The number of urea groups is 1. The zero-order chi connectivity index (χ0) is 33.3. The van der Waals surface area contributed by atoms with Crippen molar-refractivity contribution in [3.8, 4) is 5.75 Å². The fraction of sp³-hybridized carbons (Fsp3) is 0.433. The predicted molar refractivity (Wildman–Crippen MR) is 150 cm³/mol. The van der Waals surface area contributed by atoms with Crippen LogP contribution >= 0.6 is 0 Å². The largest absolute Gasteiger partial charge is 0.493 e. The highest BCUT2D eigenvalue weighted by atomic mass is 19.4. The number of nitrogens with one attached hydrogen (secondary N) is 3. The van der Waals surface area contributed by atoms with Crippen LogP contribution in [0, 0.1) is 11.7 Å². The summed E-state index contributed by atoms with van der Waals surface area (Å²) in [5.74, 6) is -4.12. The molecule has 2 aromatic rings. The lowest BCUT2D eigenvalue weighted by Crippen LogP contribution is -2.52. The minimum absolute atomic E-state index is 0.00832. The zero-order valence-corrected chi connectivity index (χ0v) is 24.9. The minimum Gasteiger partial charge on any atom is -0.493 e. The molecule has 45 heavy (non-hydrogen) atoms. The molecule has 3 N–H and O–H groups in total. The van der Waals surface area contributed by atoms with E-state index in [1.165, 1.54) is 24.0 Å². The molecule has 15 heteroatoms. The monoisotopic (exact) mass is 636 g/mol. The third kappa shape index (κ3) is 8.08. The third-order valence-corrected chi connectivity index (χ3v) is 6.97. The van der Waals surface area contributed by atoms with Crippen LogP contribution in [-0.4, -0.2) is 52.9 Å². The summed E-state index contributed by atoms with van der Waals surface area (Å²) in [5, 5.41) is 6.80. The van der Waals surface area contributed by atoms with E-state index in [1.54, 1.807) is 20.8 Å². The maximum absolute atomic E-state index is 15.4. The van der Waals surface area contributed by atoms with Crippen molar-refractivity contribution in [2.75, 3.05) is 11.9 Å². The highest BCUT2D eigenvalue weighted by molar-refractivity contribution is 6.05. The Kier molecular flexibility index (Phi) is 9.40. The van der Waals surface area contributed by atoms with Gasteiger partial charge in [0.1, 0.15) is 29.8 Å². The molecule has 2 heterocycles. The topological polar surface area (TPSA) is 143 Å². The van der Waals surface area contributed by atoms with Crippen molar-refractivity contribution in [1.82, 2.24) is 15.5 Å². The number of benzene rings is 2. The van der Waals surface area contributed by atoms with E-state index >= 15 is 4.39 Å². The van der Waals surface area contributed by atoms with Gasteiger partial charge in [0, 0.05) is 41.4 Å². The number of halogens is 4. The number of nitrogens with zero attached hydrogens (tertiary/aromatic N) is 1. The molecule has 0 spiro atoms. The first-order valence-corrected chi connectivity index (χ1v) is 14.0. The first-order valence-electron chi connectivity index (χ1n) is 14.0. The van der Waals surface area contributed by atoms with Crippen molar-refractivity contribution in [1.29, 1.82) is 0 Å². The van der Waals surface area contributed by atoms with Crippen molar-refractivity contribution >= 4 is 35.4 Å². The van der Waals surface area contributed by atoms with Crippen LogP contribution in [-0.2, 0) is 38.4 Å². The van der Waals surface area contributed by atoms with Gasteiger partial charge >= 0.3 is 18.2 Å². The zero-order valence-electron chi connectivity index (χ0n) is 24.9. The average molecular weight is 637 g/mol. The molecular formula is C30H32F4N4O7. The number of rotatable bonds is 8. The van der Waals surface area contributed by atoms with Crippen LogP contribution in [0.5, 0.6) is 5.75 Å². The summed E-state index contributed by atoms with van der Waals surface area (Å²) < 4.78 is 66.8. The van der Waals surface area contributed by atoms with Gasteiger partial charge in [-0.25, -0.2) is 9.18 Å². The molecule has 2 aliphatic heterocycles. The SMILES string of the molecule is CC(COc1cc(NC(=O)NCc2ccc3c(c2F)CN(C2CCC(=O)NC2=O)C3=O)cc(C(F)(F)F)c1)C(=O)OC(C)(C)C. The number of anilines is 1. The summed E-state index contributed by atoms with van der Waals surface area (Å²) in [6.45, 7) is 5.62. The fourth-order valence-corrected chi connectivity index (χ4v) is 4.75. The number of hydrogen-bond acceptors (Lipinski definition) is 7. The highest BCUT2D eigenvalue weighted by Crippen LogP contribution is 2.35. The van der Waals surface area contributed by atoms with Gasteiger partial charge < -0.3 is 25.0 Å². The number of carbonyl (C=O) groups is 5. The molecule has 0 aliphatic carbocycles. The average Bonchev–Trinajstić information content (AvgIpc) is 3.26. The summed E-state index contributed by atoms with van der Waals surface area (Å²) in [5.41, 5.74) is -2.10. The Morgan fingerprint density at radius 1 is 1.11 bits per heavy atom. The van der Waals surface area contributed by atoms with E-state index in [9.17, 15) is 37.1 Å². The number of imide groups is 1. The van der Waals surface area contributed by atoms with E-state index in [4.69, 9.17) is 9.47 Å². The molecule has 4 rings (SSSR count). The van der Waals surface area contributed by atoms with Gasteiger partial charge in [0.05, 0.1) is 18.0 Å². The second-order valence-electron chi connectivity index (χ2n) is 11.8. The number of amides is 5. The Morgan fingerprint density at radius 3 is 2.47 bits per heavy atom. The van der Waals surface area contributed by atoms with Gasteiger partial charge in [-0.2, -0.15) is 13.2 Å². The molecule has 2 aliphatic rings. The second kappa shape index (κ2) is 12.7. The van der Waals surface area contributed by atoms with Gasteiger partial charge in [0.15, 0.2) is 0 Å². The molecule has 11 nitrogen and oxygen atoms in total. The molecule has 0 aromatic heterocycles. The predicted octanol–water partition coefficient (Wildman–Crippen LogP) is 4.28. The van der Waals surface area contributed by atoms with E-state index < -0.39 is 64.8 Å². The molecule has 2 unspecified atom stereocenters. The van der Waals surface area contributed by atoms with E-state index in [0.29, 0.717) is 6.07 Å². The summed E-state index contributed by atoms with van der Waals surface area (Å²) in [4.78, 5) is 62.5. The Hall–Kier alpha value is -4.69. The molecule has 0 radical (unpaired) electrons.